The zero-order chi connectivity index (χ0) is 50.5. The summed E-state index contributed by atoms with van der Waals surface area (Å²) in [5, 5.41) is 23.4. The first kappa shape index (κ1) is 57.4. The molecule has 0 aromatic heterocycles. The van der Waals surface area contributed by atoms with Crippen molar-refractivity contribution in [3.8, 4) is 0 Å². The van der Waals surface area contributed by atoms with Crippen LogP contribution in [-0.4, -0.2) is 133 Å². The van der Waals surface area contributed by atoms with Gasteiger partial charge in [0, 0.05) is 65.1 Å². The molecule has 3 unspecified atom stereocenters. The quantitative estimate of drug-likeness (QED) is 0.106. The molecule has 2 bridgehead atoms. The Kier molecular flexibility index (Phi) is 22.7. The summed E-state index contributed by atoms with van der Waals surface area (Å²) in [4.78, 5) is 72.1. The topological polar surface area (TPSA) is 201 Å². The lowest BCUT2D eigenvalue weighted by Gasteiger charge is -2.42. The Morgan fingerprint density at radius 2 is 1.59 bits per heavy atom. The predicted octanol–water partition coefficient (Wildman–Crippen LogP) is 7.31. The van der Waals surface area contributed by atoms with E-state index in [1.54, 1.807) is 47.7 Å². The highest BCUT2D eigenvalue weighted by Crippen LogP contribution is 2.39. The molecular formula is C52H82NO14P. The van der Waals surface area contributed by atoms with Gasteiger partial charge in [-0.15, -0.1) is 0 Å². The lowest BCUT2D eigenvalue weighted by atomic mass is 9.78. The number of ether oxygens (including phenoxy) is 5. The number of carbonyl (C=O) groups is 5. The largest absolute Gasteiger partial charge is 0.460 e. The lowest BCUT2D eigenvalue weighted by molar-refractivity contribution is -0.265. The Bertz CT molecular complexity index is 1880. The maximum absolute atomic E-state index is 14.5. The van der Waals surface area contributed by atoms with Gasteiger partial charge in [0.15, 0.2) is 13.8 Å². The van der Waals surface area contributed by atoms with Crippen molar-refractivity contribution >= 4 is 37.3 Å². The molecule has 3 aliphatic heterocycles. The molecule has 4 aliphatic rings. The third kappa shape index (κ3) is 15.4. The predicted molar refractivity (Wildman–Crippen MR) is 259 cm³/mol. The van der Waals surface area contributed by atoms with E-state index >= 15 is 0 Å². The Balaban J connectivity index is 1.70. The molecule has 2 N–H and O–H groups in total. The molecular weight excluding hydrogens is 894 g/mol. The normalized spacial score (nSPS) is 39.6. The molecule has 15 nitrogen and oxygen atoms in total. The van der Waals surface area contributed by atoms with Crippen LogP contribution in [0.5, 0.6) is 0 Å². The van der Waals surface area contributed by atoms with Crippen LogP contribution in [0.4, 0.5) is 0 Å². The van der Waals surface area contributed by atoms with Gasteiger partial charge in [-0.3, -0.25) is 23.7 Å². The van der Waals surface area contributed by atoms with Crippen molar-refractivity contribution in [3.63, 3.8) is 0 Å². The number of carbonyl (C=O) groups excluding carboxylic acids is 5. The van der Waals surface area contributed by atoms with E-state index in [2.05, 4.69) is 0 Å². The summed E-state index contributed by atoms with van der Waals surface area (Å²) in [7, 11) is 2.35. The van der Waals surface area contributed by atoms with Gasteiger partial charge in [0.1, 0.15) is 30.1 Å². The number of fused-ring (bicyclic) bond motifs is 3. The molecule has 0 aromatic rings. The molecule has 2 saturated heterocycles. The number of methoxy groups -OCH3 is 3. The van der Waals surface area contributed by atoms with Crippen LogP contribution in [0.15, 0.2) is 47.6 Å². The van der Waals surface area contributed by atoms with E-state index in [1.807, 2.05) is 58.1 Å². The van der Waals surface area contributed by atoms with E-state index in [1.165, 1.54) is 12.0 Å². The van der Waals surface area contributed by atoms with Crippen molar-refractivity contribution in [2.45, 2.75) is 180 Å². The summed E-state index contributed by atoms with van der Waals surface area (Å²) < 4.78 is 47.4. The second-order valence-electron chi connectivity index (χ2n) is 20.2. The fourth-order valence-electron chi connectivity index (χ4n) is 10.4. The highest BCUT2D eigenvalue weighted by Gasteiger charge is 2.53. The maximum Gasteiger partial charge on any atom is 0.329 e. The van der Waals surface area contributed by atoms with Crippen molar-refractivity contribution in [3.05, 3.63) is 47.6 Å². The summed E-state index contributed by atoms with van der Waals surface area (Å²) in [6.07, 6.45) is 11.5. The minimum Gasteiger partial charge on any atom is -0.460 e. The number of ketones is 3. The van der Waals surface area contributed by atoms with Crippen molar-refractivity contribution in [1.82, 2.24) is 4.90 Å². The second-order valence-corrected chi connectivity index (χ2v) is 21.4. The van der Waals surface area contributed by atoms with Crippen LogP contribution in [-0.2, 0) is 56.7 Å². The molecule has 16 atom stereocenters. The smallest absolute Gasteiger partial charge is 0.329 e. The first-order chi connectivity index (χ1) is 32.1. The molecule has 16 heteroatoms. The van der Waals surface area contributed by atoms with E-state index in [-0.39, 0.29) is 60.9 Å². The highest BCUT2D eigenvalue weighted by molar-refractivity contribution is 7.38. The van der Waals surface area contributed by atoms with Crippen LogP contribution in [0.25, 0.3) is 0 Å². The van der Waals surface area contributed by atoms with Gasteiger partial charge >= 0.3 is 5.97 Å². The van der Waals surface area contributed by atoms with Gasteiger partial charge in [-0.25, -0.2) is 4.79 Å². The number of cyclic esters (lactones) is 1. The molecule has 384 valence electrons. The van der Waals surface area contributed by atoms with Crippen LogP contribution in [0.2, 0.25) is 0 Å². The average molecular weight is 976 g/mol. The molecule has 0 spiro atoms. The number of piperidine rings is 1. The Labute approximate surface area is 405 Å². The third-order valence-corrected chi connectivity index (χ3v) is 15.4. The molecule has 3 fully saturated rings. The fourth-order valence-corrected chi connectivity index (χ4v) is 11.1. The van der Waals surface area contributed by atoms with Crippen molar-refractivity contribution in [1.29, 1.82) is 0 Å². The number of aliphatic hydroxyl groups is 2. The van der Waals surface area contributed by atoms with Crippen molar-refractivity contribution in [2.24, 2.45) is 35.5 Å². The van der Waals surface area contributed by atoms with Gasteiger partial charge in [0.25, 0.3) is 11.7 Å². The average Bonchev–Trinajstić information content (AvgIpc) is 3.30. The molecule has 4 rings (SSSR count). The number of hydrogen-bond donors (Lipinski definition) is 2. The standard InChI is InChI=1S/C52H82NO14P/c1-31-17-13-12-14-18-32(2)43(62-8)29-39-22-20-37(7)52(60,66-39)49(57)50(58)53-24-16-15-19-40(53)51(59)65-44(34(4)27-38-21-23-42(67-68(11)61)45(28-38)63-9)30-41(54)33(3)26-36(6)47(56)48(64-10)46(55)35(5)25-31/h12-14,17-18,26,31,33-35,37-40,42-45,47-48,56,60,68H,15-16,19-25,27-30H2,1-11H3/b14-12+,17-13+,32-18+,36-26+/t31-,33-,34-,35-,37-,38+,39?,40?,42+,43+,44+,45-,47-,48+,52-/m1/s1. The Morgan fingerprint density at radius 1 is 0.868 bits per heavy atom. The first-order valence-corrected chi connectivity index (χ1v) is 26.6. The molecule has 68 heavy (non-hydrogen) atoms. The first-order valence-electron chi connectivity index (χ1n) is 24.8. The van der Waals surface area contributed by atoms with Gasteiger partial charge in [0.05, 0.1) is 24.4 Å². The van der Waals surface area contributed by atoms with Gasteiger partial charge in [-0.2, -0.15) is 0 Å². The van der Waals surface area contributed by atoms with Crippen LogP contribution in [0.1, 0.15) is 126 Å². The van der Waals surface area contributed by atoms with E-state index < -0.39 is 85.8 Å². The van der Waals surface area contributed by atoms with Crippen molar-refractivity contribution in [2.75, 3.05) is 34.5 Å². The fraction of sp³-hybridized carbons (Fsp3) is 0.750. The van der Waals surface area contributed by atoms with E-state index in [4.69, 9.17) is 28.2 Å². The SMILES string of the molecule is CO[C@H]1CC2CC[C@@H](C)[C@@](O)(O2)C(=O)C(=O)N2CCCCC2C(=O)O[C@H]([C@H](C)C[C@@H]2CC[C@H](O[PH](C)=O)[C@H](OC)C2)CC(=O)[C@H](C)/C=C(\C)[C@@H](O)[C@@H](OC)C(=O)[C@H](C)C[C@H](C)/C=C/C=C/C=C/1C. The summed E-state index contributed by atoms with van der Waals surface area (Å²) >= 11 is 0. The van der Waals surface area contributed by atoms with E-state index in [9.17, 15) is 38.8 Å². The number of allylic oxidation sites excluding steroid dienone is 6. The van der Waals surface area contributed by atoms with Crippen molar-refractivity contribution < 1.29 is 67.0 Å². The second kappa shape index (κ2) is 26.9. The van der Waals surface area contributed by atoms with Crippen LogP contribution >= 0.6 is 8.03 Å². The van der Waals surface area contributed by atoms with Crippen LogP contribution < -0.4 is 0 Å². The summed E-state index contributed by atoms with van der Waals surface area (Å²) in [6.45, 7) is 14.3. The zero-order valence-electron chi connectivity index (χ0n) is 42.5. The van der Waals surface area contributed by atoms with Crippen LogP contribution in [0, 0.1) is 35.5 Å². The lowest BCUT2D eigenvalue weighted by Crippen LogP contribution is -2.61. The summed E-state index contributed by atoms with van der Waals surface area (Å²) in [6, 6.07) is -1.15. The zero-order valence-corrected chi connectivity index (χ0v) is 43.5. The third-order valence-electron chi connectivity index (χ3n) is 14.8. The van der Waals surface area contributed by atoms with E-state index in [0.29, 0.717) is 63.4 Å². The van der Waals surface area contributed by atoms with E-state index in [0.717, 1.165) is 12.0 Å². The van der Waals surface area contributed by atoms with Gasteiger partial charge < -0.3 is 43.3 Å². The number of rotatable bonds is 8. The molecule has 0 aromatic carbocycles. The number of hydrogen-bond acceptors (Lipinski definition) is 14. The Morgan fingerprint density at radius 3 is 2.25 bits per heavy atom. The highest BCUT2D eigenvalue weighted by atomic mass is 31.1. The minimum absolute atomic E-state index is 0.0129. The molecule has 3 heterocycles. The number of esters is 1. The number of aliphatic hydroxyl groups excluding tert-OH is 1. The van der Waals surface area contributed by atoms with Gasteiger partial charge in [-0.05, 0) is 107 Å². The van der Waals surface area contributed by atoms with Crippen LogP contribution in [0.3, 0.4) is 0 Å². The number of Topliss-reactive ketones (excluding diaryl/α,β-unsaturated/α-hetero) is 3. The minimum atomic E-state index is -2.44. The Hall–Kier alpha value is -3.14. The van der Waals surface area contributed by atoms with Gasteiger partial charge in [0.2, 0.25) is 5.79 Å². The summed E-state index contributed by atoms with van der Waals surface area (Å²) in [5.74, 6) is -8.08. The maximum atomic E-state index is 14.5. The van der Waals surface area contributed by atoms with Gasteiger partial charge in [-0.1, -0.05) is 71.1 Å². The molecule has 1 aliphatic carbocycles. The number of nitrogens with zero attached hydrogens (tertiary/aromatic N) is 1. The summed E-state index contributed by atoms with van der Waals surface area (Å²) in [5.41, 5.74) is 1.26. The molecule has 1 amide bonds. The number of amides is 1. The molecule has 0 radical (unpaired) electrons. The molecule has 1 saturated carbocycles. The monoisotopic (exact) mass is 976 g/mol.